The molecular weight excluding hydrogens is 250 g/mol. The molecule has 1 aromatic heterocycles. The summed E-state index contributed by atoms with van der Waals surface area (Å²) in [6, 6.07) is 4.82. The van der Waals surface area contributed by atoms with E-state index in [1.54, 1.807) is 0 Å². The molecule has 2 rings (SSSR count). The average molecular weight is 277 g/mol. The Labute approximate surface area is 122 Å². The highest BCUT2D eigenvalue weighted by Gasteiger charge is 2.18. The normalized spacial score (nSPS) is 16.9. The molecule has 1 N–H and O–H groups in total. The van der Waals surface area contributed by atoms with Crippen molar-refractivity contribution in [2.24, 2.45) is 5.92 Å². The highest BCUT2D eigenvalue weighted by molar-refractivity contribution is 5.44. The third kappa shape index (κ3) is 5.10. The Bertz CT molecular complexity index is 361. The average Bonchev–Trinajstić information content (AvgIpc) is 2.48. The molecule has 0 amide bonds. The molecule has 1 saturated heterocycles. The van der Waals surface area contributed by atoms with Crippen LogP contribution in [0, 0.1) is 5.92 Å². The van der Waals surface area contributed by atoms with E-state index in [1.807, 2.05) is 12.4 Å². The number of pyridine rings is 1. The van der Waals surface area contributed by atoms with E-state index >= 15 is 0 Å². The summed E-state index contributed by atoms with van der Waals surface area (Å²) in [6.45, 7) is 9.26. The zero-order valence-electron chi connectivity index (χ0n) is 12.7. The van der Waals surface area contributed by atoms with Crippen LogP contribution in [0.2, 0.25) is 0 Å². The number of hydrogen-bond acceptors (Lipinski definition) is 4. The molecule has 0 bridgehead atoms. The van der Waals surface area contributed by atoms with Crippen molar-refractivity contribution in [2.45, 2.75) is 32.7 Å². The second kappa shape index (κ2) is 8.22. The van der Waals surface area contributed by atoms with E-state index in [-0.39, 0.29) is 0 Å². The van der Waals surface area contributed by atoms with Crippen molar-refractivity contribution in [3.63, 3.8) is 0 Å². The predicted molar refractivity (Wildman–Crippen MR) is 83.1 cm³/mol. The highest BCUT2D eigenvalue weighted by atomic mass is 16.5. The highest BCUT2D eigenvalue weighted by Crippen LogP contribution is 2.18. The maximum atomic E-state index is 5.60. The number of anilines is 1. The molecule has 112 valence electrons. The van der Waals surface area contributed by atoms with Gasteiger partial charge in [-0.15, -0.1) is 0 Å². The fourth-order valence-electron chi connectivity index (χ4n) is 2.55. The lowest BCUT2D eigenvalue weighted by Crippen LogP contribution is -2.43. The van der Waals surface area contributed by atoms with Gasteiger partial charge in [-0.3, -0.25) is 4.98 Å². The Morgan fingerprint density at radius 1 is 1.30 bits per heavy atom. The first-order valence-corrected chi connectivity index (χ1v) is 7.72. The van der Waals surface area contributed by atoms with Crippen molar-refractivity contribution in [3.8, 4) is 0 Å². The maximum absolute atomic E-state index is 5.60. The predicted octanol–water partition coefficient (Wildman–Crippen LogP) is 2.31. The fraction of sp³-hybridized carbons (Fsp3) is 0.688. The van der Waals surface area contributed by atoms with Gasteiger partial charge in [0, 0.05) is 50.4 Å². The van der Waals surface area contributed by atoms with Crippen molar-refractivity contribution in [1.29, 1.82) is 0 Å². The van der Waals surface area contributed by atoms with Crippen LogP contribution in [0.4, 0.5) is 5.69 Å². The standard InChI is InChI=1S/C16H27N3O/c1-14(2)13-20-12-9-18-15-5-10-19(11-6-15)16-3-7-17-8-4-16/h3-4,7-8,14-15,18H,5-6,9-13H2,1-2H3. The Morgan fingerprint density at radius 3 is 2.65 bits per heavy atom. The van der Waals surface area contributed by atoms with Crippen LogP contribution in [0.1, 0.15) is 26.7 Å². The molecule has 0 aromatic carbocycles. The second-order valence-electron chi connectivity index (χ2n) is 5.89. The van der Waals surface area contributed by atoms with Crippen molar-refractivity contribution in [2.75, 3.05) is 37.7 Å². The molecule has 4 heteroatoms. The third-order valence-corrected chi connectivity index (χ3v) is 3.65. The number of aromatic nitrogens is 1. The molecule has 1 aliphatic rings. The van der Waals surface area contributed by atoms with Gasteiger partial charge in [-0.25, -0.2) is 0 Å². The van der Waals surface area contributed by atoms with Gasteiger partial charge in [0.2, 0.25) is 0 Å². The lowest BCUT2D eigenvalue weighted by atomic mass is 10.0. The van der Waals surface area contributed by atoms with Crippen molar-refractivity contribution >= 4 is 5.69 Å². The number of rotatable bonds is 7. The molecule has 4 nitrogen and oxygen atoms in total. The minimum absolute atomic E-state index is 0.624. The van der Waals surface area contributed by atoms with Crippen molar-refractivity contribution < 1.29 is 4.74 Å². The van der Waals surface area contributed by atoms with E-state index in [0.29, 0.717) is 12.0 Å². The summed E-state index contributed by atoms with van der Waals surface area (Å²) in [6.07, 6.45) is 6.14. The van der Waals surface area contributed by atoms with Gasteiger partial charge < -0.3 is 15.0 Å². The summed E-state index contributed by atoms with van der Waals surface area (Å²) in [5, 5.41) is 3.60. The molecule has 0 saturated carbocycles. The minimum Gasteiger partial charge on any atom is -0.380 e. The maximum Gasteiger partial charge on any atom is 0.0591 e. The first-order chi connectivity index (χ1) is 9.75. The van der Waals surface area contributed by atoms with Gasteiger partial charge in [-0.2, -0.15) is 0 Å². The number of hydrogen-bond donors (Lipinski definition) is 1. The molecule has 20 heavy (non-hydrogen) atoms. The lowest BCUT2D eigenvalue weighted by Gasteiger charge is -2.34. The van der Waals surface area contributed by atoms with Gasteiger partial charge in [0.15, 0.2) is 0 Å². The van der Waals surface area contributed by atoms with Crippen LogP contribution < -0.4 is 10.2 Å². The second-order valence-corrected chi connectivity index (χ2v) is 5.89. The van der Waals surface area contributed by atoms with E-state index < -0.39 is 0 Å². The van der Waals surface area contributed by atoms with Crippen molar-refractivity contribution in [1.82, 2.24) is 10.3 Å². The fourth-order valence-corrected chi connectivity index (χ4v) is 2.55. The number of nitrogens with one attached hydrogen (secondary N) is 1. The summed E-state index contributed by atoms with van der Waals surface area (Å²) in [5.74, 6) is 0.624. The Balaban J connectivity index is 1.60. The number of piperidine rings is 1. The van der Waals surface area contributed by atoms with Crippen LogP contribution in [0.25, 0.3) is 0 Å². The topological polar surface area (TPSA) is 37.4 Å². The summed E-state index contributed by atoms with van der Waals surface area (Å²) >= 11 is 0. The van der Waals surface area contributed by atoms with E-state index in [0.717, 1.165) is 32.8 Å². The smallest absolute Gasteiger partial charge is 0.0591 e. The van der Waals surface area contributed by atoms with Gasteiger partial charge >= 0.3 is 0 Å². The minimum atomic E-state index is 0.624. The first-order valence-electron chi connectivity index (χ1n) is 7.72. The lowest BCUT2D eigenvalue weighted by molar-refractivity contribution is 0.109. The Kier molecular flexibility index (Phi) is 6.27. The molecule has 0 unspecified atom stereocenters. The molecule has 1 aliphatic heterocycles. The molecule has 2 heterocycles. The number of nitrogens with zero attached hydrogens (tertiary/aromatic N) is 2. The van der Waals surface area contributed by atoms with Gasteiger partial charge in [-0.05, 0) is 30.9 Å². The molecule has 0 radical (unpaired) electrons. The van der Waals surface area contributed by atoms with Crippen LogP contribution >= 0.6 is 0 Å². The van der Waals surface area contributed by atoms with E-state index in [4.69, 9.17) is 4.74 Å². The van der Waals surface area contributed by atoms with Crippen LogP contribution in [0.5, 0.6) is 0 Å². The van der Waals surface area contributed by atoms with Crippen LogP contribution in [0.15, 0.2) is 24.5 Å². The quantitative estimate of drug-likeness (QED) is 0.776. The largest absolute Gasteiger partial charge is 0.380 e. The van der Waals surface area contributed by atoms with E-state index in [9.17, 15) is 0 Å². The third-order valence-electron chi connectivity index (χ3n) is 3.65. The molecule has 1 fully saturated rings. The van der Waals surface area contributed by atoms with Gasteiger partial charge in [-0.1, -0.05) is 13.8 Å². The summed E-state index contributed by atoms with van der Waals surface area (Å²) in [4.78, 5) is 6.51. The van der Waals surface area contributed by atoms with Gasteiger partial charge in [0.05, 0.1) is 6.61 Å². The zero-order chi connectivity index (χ0) is 14.2. The molecule has 1 aromatic rings. The molecule has 0 spiro atoms. The van der Waals surface area contributed by atoms with Crippen LogP contribution in [0.3, 0.4) is 0 Å². The Hall–Kier alpha value is -1.13. The summed E-state index contributed by atoms with van der Waals surface area (Å²) in [7, 11) is 0. The molecule has 0 atom stereocenters. The van der Waals surface area contributed by atoms with E-state index in [2.05, 4.69) is 41.2 Å². The summed E-state index contributed by atoms with van der Waals surface area (Å²) < 4.78 is 5.60. The van der Waals surface area contributed by atoms with Gasteiger partial charge in [0.25, 0.3) is 0 Å². The first kappa shape index (κ1) is 15.3. The van der Waals surface area contributed by atoms with Crippen LogP contribution in [-0.4, -0.2) is 43.9 Å². The Morgan fingerprint density at radius 2 is 2.00 bits per heavy atom. The molecule has 0 aliphatic carbocycles. The monoisotopic (exact) mass is 277 g/mol. The van der Waals surface area contributed by atoms with E-state index in [1.165, 1.54) is 18.5 Å². The van der Waals surface area contributed by atoms with Crippen molar-refractivity contribution in [3.05, 3.63) is 24.5 Å². The summed E-state index contributed by atoms with van der Waals surface area (Å²) in [5.41, 5.74) is 1.29. The van der Waals surface area contributed by atoms with Gasteiger partial charge in [0.1, 0.15) is 0 Å². The number of ether oxygens (including phenoxy) is 1. The SMILES string of the molecule is CC(C)COCCNC1CCN(c2ccncc2)CC1. The zero-order valence-corrected chi connectivity index (χ0v) is 12.7. The van der Waals surface area contributed by atoms with Crippen LogP contribution in [-0.2, 0) is 4.74 Å². The molecular formula is C16H27N3O.